The highest BCUT2D eigenvalue weighted by molar-refractivity contribution is 4.89. The largest absolute Gasteiger partial charge is 0.390 e. The lowest BCUT2D eigenvalue weighted by Gasteiger charge is -2.45. The minimum absolute atomic E-state index is 0.336. The van der Waals surface area contributed by atoms with Crippen LogP contribution >= 0.6 is 0 Å². The van der Waals surface area contributed by atoms with Crippen LogP contribution in [0.2, 0.25) is 0 Å². The van der Waals surface area contributed by atoms with Crippen molar-refractivity contribution in [3.8, 4) is 0 Å². The van der Waals surface area contributed by atoms with Gasteiger partial charge in [0.05, 0.1) is 5.60 Å². The quantitative estimate of drug-likeness (QED) is 0.844. The first-order valence-electron chi connectivity index (χ1n) is 9.31. The summed E-state index contributed by atoms with van der Waals surface area (Å²) >= 11 is 0. The Balaban J connectivity index is 1.46. The molecule has 122 valence electrons. The zero-order valence-electron chi connectivity index (χ0n) is 13.9. The maximum Gasteiger partial charge on any atom is 0.0660 e. The Hall–Kier alpha value is -0.120. The molecular weight excluding hydrogens is 260 g/mol. The maximum absolute atomic E-state index is 10.5. The van der Waals surface area contributed by atoms with Gasteiger partial charge in [-0.3, -0.25) is 0 Å². The Morgan fingerprint density at radius 1 is 1.05 bits per heavy atom. The van der Waals surface area contributed by atoms with E-state index in [1.807, 2.05) is 0 Å². The van der Waals surface area contributed by atoms with Gasteiger partial charge in [0.15, 0.2) is 0 Å². The fraction of sp³-hybridized carbons (Fsp3) is 1.00. The molecule has 0 amide bonds. The molecule has 0 unspecified atom stereocenters. The molecule has 0 aromatic carbocycles. The predicted molar refractivity (Wildman–Crippen MR) is 87.5 cm³/mol. The second-order valence-corrected chi connectivity index (χ2v) is 7.95. The first kappa shape index (κ1) is 15.8. The zero-order chi connectivity index (χ0) is 14.7. The van der Waals surface area contributed by atoms with Crippen LogP contribution in [0.3, 0.4) is 0 Å². The van der Waals surface area contributed by atoms with Crippen molar-refractivity contribution in [2.75, 3.05) is 33.2 Å². The van der Waals surface area contributed by atoms with Gasteiger partial charge < -0.3 is 14.9 Å². The normalized spacial score (nSPS) is 33.3. The Morgan fingerprint density at radius 3 is 2.62 bits per heavy atom. The third-order valence-corrected chi connectivity index (χ3v) is 6.27. The van der Waals surface area contributed by atoms with Gasteiger partial charge in [-0.2, -0.15) is 0 Å². The van der Waals surface area contributed by atoms with E-state index in [4.69, 9.17) is 0 Å². The molecule has 1 saturated carbocycles. The molecule has 21 heavy (non-hydrogen) atoms. The fourth-order valence-electron chi connectivity index (χ4n) is 4.96. The van der Waals surface area contributed by atoms with Gasteiger partial charge in [-0.05, 0) is 71.0 Å². The summed E-state index contributed by atoms with van der Waals surface area (Å²) in [5, 5.41) is 10.5. The average molecular weight is 294 g/mol. The van der Waals surface area contributed by atoms with Crippen LogP contribution in [-0.4, -0.2) is 59.8 Å². The summed E-state index contributed by atoms with van der Waals surface area (Å²) in [4.78, 5) is 5.26. The summed E-state index contributed by atoms with van der Waals surface area (Å²) in [7, 11) is 2.26. The van der Waals surface area contributed by atoms with Crippen molar-refractivity contribution in [3.63, 3.8) is 0 Å². The second kappa shape index (κ2) is 6.97. The van der Waals surface area contributed by atoms with E-state index in [0.29, 0.717) is 0 Å². The van der Waals surface area contributed by atoms with Gasteiger partial charge in [-0.15, -0.1) is 0 Å². The monoisotopic (exact) mass is 294 g/mol. The van der Waals surface area contributed by atoms with Gasteiger partial charge in [0.1, 0.15) is 0 Å². The van der Waals surface area contributed by atoms with Crippen LogP contribution in [0.15, 0.2) is 0 Å². The first-order valence-corrected chi connectivity index (χ1v) is 9.31. The van der Waals surface area contributed by atoms with Crippen molar-refractivity contribution in [1.82, 2.24) is 9.80 Å². The van der Waals surface area contributed by atoms with E-state index in [2.05, 4.69) is 16.8 Å². The van der Waals surface area contributed by atoms with E-state index in [9.17, 15) is 5.11 Å². The molecule has 0 spiro atoms. The summed E-state index contributed by atoms with van der Waals surface area (Å²) in [6, 6.07) is 0.851. The molecule has 2 aliphatic heterocycles. The summed E-state index contributed by atoms with van der Waals surface area (Å²) in [6.07, 6.45) is 12.5. The molecule has 3 nitrogen and oxygen atoms in total. The Bertz CT molecular complexity index is 325. The molecule has 0 aromatic heterocycles. The topological polar surface area (TPSA) is 26.7 Å². The van der Waals surface area contributed by atoms with Crippen LogP contribution < -0.4 is 0 Å². The molecule has 0 radical (unpaired) electrons. The number of hydrogen-bond acceptors (Lipinski definition) is 3. The standard InChI is InChI=1S/C18H34N2O/c1-19(14-11-18(21)9-3-4-10-18)15-16-7-6-13-20-12-5-2-8-17(16)20/h16-17,21H,2-15H2,1H3/t16-,17+/m0/s1. The lowest BCUT2D eigenvalue weighted by Crippen LogP contribution is -2.50. The lowest BCUT2D eigenvalue weighted by molar-refractivity contribution is 0.0187. The molecular formula is C18H34N2O. The molecule has 0 aromatic rings. The van der Waals surface area contributed by atoms with Crippen LogP contribution in [0.1, 0.15) is 64.2 Å². The third kappa shape index (κ3) is 4.00. The zero-order valence-corrected chi connectivity index (χ0v) is 13.9. The fourth-order valence-corrected chi connectivity index (χ4v) is 4.96. The van der Waals surface area contributed by atoms with E-state index in [-0.39, 0.29) is 5.60 Å². The van der Waals surface area contributed by atoms with Crippen LogP contribution in [0.5, 0.6) is 0 Å². The number of hydrogen-bond donors (Lipinski definition) is 1. The second-order valence-electron chi connectivity index (χ2n) is 7.95. The van der Waals surface area contributed by atoms with Gasteiger partial charge in [-0.1, -0.05) is 19.3 Å². The van der Waals surface area contributed by atoms with Gasteiger partial charge >= 0.3 is 0 Å². The van der Waals surface area contributed by atoms with Crippen LogP contribution in [-0.2, 0) is 0 Å². The molecule has 1 N–H and O–H groups in total. The minimum atomic E-state index is -0.336. The first-order chi connectivity index (χ1) is 10.2. The molecule has 0 bridgehead atoms. The van der Waals surface area contributed by atoms with Gasteiger partial charge in [0, 0.05) is 19.1 Å². The number of piperidine rings is 2. The predicted octanol–water partition coefficient (Wildman–Crippen LogP) is 2.88. The Labute approximate surface area is 130 Å². The van der Waals surface area contributed by atoms with E-state index in [1.54, 1.807) is 0 Å². The summed E-state index contributed by atoms with van der Waals surface area (Å²) in [6.45, 7) is 4.98. The van der Waals surface area contributed by atoms with E-state index in [0.717, 1.165) is 37.8 Å². The summed E-state index contributed by atoms with van der Waals surface area (Å²) in [5.74, 6) is 0.863. The number of fused-ring (bicyclic) bond motifs is 1. The molecule has 3 rings (SSSR count). The lowest BCUT2D eigenvalue weighted by atomic mass is 9.83. The van der Waals surface area contributed by atoms with Crippen molar-refractivity contribution < 1.29 is 5.11 Å². The highest BCUT2D eigenvalue weighted by Gasteiger charge is 2.34. The Kier molecular flexibility index (Phi) is 5.23. The number of rotatable bonds is 5. The van der Waals surface area contributed by atoms with Crippen molar-refractivity contribution >= 4 is 0 Å². The molecule has 1 aliphatic carbocycles. The van der Waals surface area contributed by atoms with Gasteiger partial charge in [0.25, 0.3) is 0 Å². The molecule has 3 heteroatoms. The molecule has 3 aliphatic rings. The molecule has 2 heterocycles. The smallest absolute Gasteiger partial charge is 0.0660 e. The van der Waals surface area contributed by atoms with Crippen LogP contribution in [0.25, 0.3) is 0 Å². The molecule has 2 saturated heterocycles. The average Bonchev–Trinajstić information content (AvgIpc) is 2.93. The van der Waals surface area contributed by atoms with Crippen molar-refractivity contribution in [1.29, 1.82) is 0 Å². The summed E-state index contributed by atoms with van der Waals surface area (Å²) < 4.78 is 0. The number of aliphatic hydroxyl groups is 1. The minimum Gasteiger partial charge on any atom is -0.390 e. The van der Waals surface area contributed by atoms with Crippen LogP contribution in [0, 0.1) is 5.92 Å². The molecule has 3 fully saturated rings. The van der Waals surface area contributed by atoms with E-state index >= 15 is 0 Å². The van der Waals surface area contributed by atoms with Crippen molar-refractivity contribution in [2.24, 2.45) is 5.92 Å². The van der Waals surface area contributed by atoms with Gasteiger partial charge in [-0.25, -0.2) is 0 Å². The highest BCUT2D eigenvalue weighted by atomic mass is 16.3. The van der Waals surface area contributed by atoms with Crippen molar-refractivity contribution in [3.05, 3.63) is 0 Å². The van der Waals surface area contributed by atoms with E-state index in [1.165, 1.54) is 64.6 Å². The van der Waals surface area contributed by atoms with Crippen molar-refractivity contribution in [2.45, 2.75) is 75.9 Å². The van der Waals surface area contributed by atoms with E-state index < -0.39 is 0 Å². The number of nitrogens with zero attached hydrogens (tertiary/aromatic N) is 2. The maximum atomic E-state index is 10.5. The Morgan fingerprint density at radius 2 is 1.81 bits per heavy atom. The SMILES string of the molecule is CN(CCC1(O)CCCC1)C[C@@H]1CCCN2CCCC[C@H]12. The third-order valence-electron chi connectivity index (χ3n) is 6.27. The highest BCUT2D eigenvalue weighted by Crippen LogP contribution is 2.33. The summed E-state index contributed by atoms with van der Waals surface area (Å²) in [5.41, 5.74) is -0.336. The van der Waals surface area contributed by atoms with Crippen LogP contribution in [0.4, 0.5) is 0 Å². The molecule has 2 atom stereocenters. The van der Waals surface area contributed by atoms with Gasteiger partial charge in [0.2, 0.25) is 0 Å².